The van der Waals surface area contributed by atoms with E-state index in [0.29, 0.717) is 6.04 Å². The number of allylic oxidation sites excluding steroid dienone is 3. The third-order valence-electron chi connectivity index (χ3n) is 3.06. The highest BCUT2D eigenvalue weighted by atomic mass is 16.5. The van der Waals surface area contributed by atoms with Crippen LogP contribution in [0.5, 0.6) is 0 Å². The Hall–Kier alpha value is -0.760. The van der Waals surface area contributed by atoms with E-state index in [1.807, 2.05) is 0 Å². The average Bonchev–Trinajstić information content (AvgIpc) is 2.18. The molecule has 0 aromatic heterocycles. The van der Waals surface area contributed by atoms with Crippen LogP contribution < -0.4 is 5.73 Å². The van der Waals surface area contributed by atoms with Gasteiger partial charge in [0.2, 0.25) is 0 Å². The summed E-state index contributed by atoms with van der Waals surface area (Å²) < 4.78 is 5.26. The highest BCUT2D eigenvalue weighted by Crippen LogP contribution is 2.33. The third-order valence-corrected chi connectivity index (χ3v) is 3.06. The van der Waals surface area contributed by atoms with Crippen LogP contribution in [-0.2, 0) is 4.74 Å². The molecule has 0 spiro atoms. The molecule has 1 unspecified atom stereocenters. The summed E-state index contributed by atoms with van der Waals surface area (Å²) in [5.74, 6) is 1.12. The average molecular weight is 179 g/mol. The van der Waals surface area contributed by atoms with Gasteiger partial charge in [-0.2, -0.15) is 0 Å². The van der Waals surface area contributed by atoms with E-state index in [2.05, 4.69) is 6.08 Å². The molecule has 0 aromatic rings. The van der Waals surface area contributed by atoms with Crippen molar-refractivity contribution in [2.24, 2.45) is 5.73 Å². The van der Waals surface area contributed by atoms with Gasteiger partial charge in [0.15, 0.2) is 0 Å². The smallest absolute Gasteiger partial charge is 0.0961 e. The molecule has 0 bridgehead atoms. The normalized spacial score (nSPS) is 28.2. The molecule has 0 aliphatic heterocycles. The SMILES string of the molecule is COC1=CC2=C(CC1)C(N)CCC2. The maximum Gasteiger partial charge on any atom is 0.0961 e. The van der Waals surface area contributed by atoms with Crippen LogP contribution in [0.15, 0.2) is 23.0 Å². The van der Waals surface area contributed by atoms with Crippen LogP contribution in [0.1, 0.15) is 32.1 Å². The maximum absolute atomic E-state index is 6.05. The molecule has 1 atom stereocenters. The predicted octanol–water partition coefficient (Wildman–Crippen LogP) is 2.12. The second-order valence-electron chi connectivity index (χ2n) is 3.86. The van der Waals surface area contributed by atoms with Gasteiger partial charge in [0.25, 0.3) is 0 Å². The minimum absolute atomic E-state index is 0.318. The Bertz CT molecular complexity index is 265. The molecule has 0 fully saturated rings. The van der Waals surface area contributed by atoms with Gasteiger partial charge in [-0.15, -0.1) is 0 Å². The molecule has 0 amide bonds. The van der Waals surface area contributed by atoms with Crippen LogP contribution in [0.2, 0.25) is 0 Å². The molecule has 72 valence electrons. The van der Waals surface area contributed by atoms with E-state index in [0.717, 1.165) is 25.0 Å². The van der Waals surface area contributed by atoms with Crippen molar-refractivity contribution in [2.45, 2.75) is 38.1 Å². The number of methoxy groups -OCH3 is 1. The van der Waals surface area contributed by atoms with Crippen molar-refractivity contribution in [3.63, 3.8) is 0 Å². The fourth-order valence-electron chi connectivity index (χ4n) is 2.28. The number of rotatable bonds is 1. The summed E-state index contributed by atoms with van der Waals surface area (Å²) >= 11 is 0. The largest absolute Gasteiger partial charge is 0.501 e. The van der Waals surface area contributed by atoms with E-state index in [9.17, 15) is 0 Å². The lowest BCUT2D eigenvalue weighted by atomic mass is 9.82. The molecule has 0 aromatic carbocycles. The lowest BCUT2D eigenvalue weighted by Gasteiger charge is -2.28. The molecule has 2 aliphatic carbocycles. The van der Waals surface area contributed by atoms with Gasteiger partial charge in [0, 0.05) is 12.5 Å². The molecule has 0 radical (unpaired) electrons. The number of hydrogen-bond acceptors (Lipinski definition) is 2. The predicted molar refractivity (Wildman–Crippen MR) is 53.2 cm³/mol. The molecule has 13 heavy (non-hydrogen) atoms. The molecule has 0 heterocycles. The molecule has 2 aliphatic rings. The number of hydrogen-bond donors (Lipinski definition) is 1. The lowest BCUT2D eigenvalue weighted by molar-refractivity contribution is 0.273. The van der Waals surface area contributed by atoms with E-state index in [1.165, 1.54) is 24.0 Å². The fourth-order valence-corrected chi connectivity index (χ4v) is 2.28. The summed E-state index contributed by atoms with van der Waals surface area (Å²) in [7, 11) is 1.75. The number of ether oxygens (including phenoxy) is 1. The Morgan fingerprint density at radius 2 is 2.23 bits per heavy atom. The Morgan fingerprint density at radius 1 is 1.38 bits per heavy atom. The van der Waals surface area contributed by atoms with E-state index >= 15 is 0 Å². The lowest BCUT2D eigenvalue weighted by Crippen LogP contribution is -2.28. The van der Waals surface area contributed by atoms with Gasteiger partial charge in [0.1, 0.15) is 0 Å². The summed E-state index contributed by atoms with van der Waals surface area (Å²) in [6.07, 6.45) is 7.91. The van der Waals surface area contributed by atoms with Crippen LogP contribution >= 0.6 is 0 Å². The van der Waals surface area contributed by atoms with E-state index in [4.69, 9.17) is 10.5 Å². The molecule has 2 rings (SSSR count). The van der Waals surface area contributed by atoms with Gasteiger partial charge >= 0.3 is 0 Å². The minimum Gasteiger partial charge on any atom is -0.501 e. The molecule has 0 saturated heterocycles. The molecular weight excluding hydrogens is 162 g/mol. The van der Waals surface area contributed by atoms with Gasteiger partial charge in [-0.3, -0.25) is 0 Å². The first kappa shape index (κ1) is 8.82. The van der Waals surface area contributed by atoms with Gasteiger partial charge in [-0.05, 0) is 42.9 Å². The zero-order chi connectivity index (χ0) is 9.26. The molecule has 2 heteroatoms. The summed E-state index contributed by atoms with van der Waals surface area (Å²) in [4.78, 5) is 0. The van der Waals surface area contributed by atoms with Crippen molar-refractivity contribution in [2.75, 3.05) is 7.11 Å². The first-order valence-electron chi connectivity index (χ1n) is 5.03. The summed E-state index contributed by atoms with van der Waals surface area (Å²) in [5.41, 5.74) is 8.97. The van der Waals surface area contributed by atoms with Crippen molar-refractivity contribution in [1.82, 2.24) is 0 Å². The van der Waals surface area contributed by atoms with Gasteiger partial charge < -0.3 is 10.5 Å². The van der Waals surface area contributed by atoms with E-state index < -0.39 is 0 Å². The Kier molecular flexibility index (Phi) is 2.40. The Morgan fingerprint density at radius 3 is 3.00 bits per heavy atom. The molecule has 2 N–H and O–H groups in total. The monoisotopic (exact) mass is 179 g/mol. The van der Waals surface area contributed by atoms with E-state index in [1.54, 1.807) is 7.11 Å². The van der Waals surface area contributed by atoms with Gasteiger partial charge in [-0.25, -0.2) is 0 Å². The van der Waals surface area contributed by atoms with Crippen LogP contribution in [0, 0.1) is 0 Å². The third kappa shape index (κ3) is 1.63. The molecule has 2 nitrogen and oxygen atoms in total. The van der Waals surface area contributed by atoms with Crippen molar-refractivity contribution in [1.29, 1.82) is 0 Å². The zero-order valence-electron chi connectivity index (χ0n) is 8.18. The van der Waals surface area contributed by atoms with Crippen molar-refractivity contribution >= 4 is 0 Å². The highest BCUT2D eigenvalue weighted by molar-refractivity contribution is 5.36. The van der Waals surface area contributed by atoms with Gasteiger partial charge in [-0.1, -0.05) is 0 Å². The quantitative estimate of drug-likeness (QED) is 0.669. The van der Waals surface area contributed by atoms with Crippen LogP contribution in [0.4, 0.5) is 0 Å². The topological polar surface area (TPSA) is 35.2 Å². The zero-order valence-corrected chi connectivity index (χ0v) is 8.18. The fraction of sp³-hybridized carbons (Fsp3) is 0.636. The Balaban J connectivity index is 2.25. The van der Waals surface area contributed by atoms with Crippen LogP contribution in [0.25, 0.3) is 0 Å². The first-order chi connectivity index (χ1) is 6.31. The maximum atomic E-state index is 6.05. The van der Waals surface area contributed by atoms with Crippen molar-refractivity contribution in [3.05, 3.63) is 23.0 Å². The van der Waals surface area contributed by atoms with Crippen molar-refractivity contribution < 1.29 is 4.74 Å². The minimum atomic E-state index is 0.318. The first-order valence-corrected chi connectivity index (χ1v) is 5.03. The summed E-state index contributed by atoms with van der Waals surface area (Å²) in [6.45, 7) is 0. The highest BCUT2D eigenvalue weighted by Gasteiger charge is 2.22. The second kappa shape index (κ2) is 3.54. The summed E-state index contributed by atoms with van der Waals surface area (Å²) in [6, 6.07) is 0.318. The Labute approximate surface area is 79.5 Å². The molecule has 0 saturated carbocycles. The van der Waals surface area contributed by atoms with Crippen molar-refractivity contribution in [3.8, 4) is 0 Å². The van der Waals surface area contributed by atoms with Gasteiger partial charge in [0.05, 0.1) is 12.9 Å². The second-order valence-corrected chi connectivity index (χ2v) is 3.86. The van der Waals surface area contributed by atoms with E-state index in [-0.39, 0.29) is 0 Å². The molecular formula is C11H17NO. The standard InChI is InChI=1S/C11H17NO/c1-13-9-5-6-10-8(7-9)3-2-4-11(10)12/h7,11H,2-6,12H2,1H3. The number of nitrogens with two attached hydrogens (primary N) is 1. The summed E-state index contributed by atoms with van der Waals surface area (Å²) in [5, 5.41) is 0. The van der Waals surface area contributed by atoms with Crippen LogP contribution in [-0.4, -0.2) is 13.2 Å². The van der Waals surface area contributed by atoms with Crippen LogP contribution in [0.3, 0.4) is 0 Å².